The van der Waals surface area contributed by atoms with Gasteiger partial charge in [0.2, 0.25) is 5.91 Å². The van der Waals surface area contributed by atoms with Gasteiger partial charge in [0.05, 0.1) is 17.6 Å². The summed E-state index contributed by atoms with van der Waals surface area (Å²) < 4.78 is 26.4. The van der Waals surface area contributed by atoms with Crippen molar-refractivity contribution in [3.05, 3.63) is 48.2 Å². The van der Waals surface area contributed by atoms with Gasteiger partial charge in [0.1, 0.15) is 17.5 Å². The highest BCUT2D eigenvalue weighted by Gasteiger charge is 2.14. The first-order chi connectivity index (χ1) is 11.0. The molecule has 0 bridgehead atoms. The number of rotatable bonds is 6. The van der Waals surface area contributed by atoms with Crippen molar-refractivity contribution in [1.29, 1.82) is 0 Å². The summed E-state index contributed by atoms with van der Waals surface area (Å²) >= 11 is 0. The van der Waals surface area contributed by atoms with E-state index < -0.39 is 11.6 Å². The summed E-state index contributed by atoms with van der Waals surface area (Å²) in [4.78, 5) is 16.1. The molecule has 2 aromatic rings. The molecule has 2 N–H and O–H groups in total. The van der Waals surface area contributed by atoms with Crippen LogP contribution in [0.2, 0.25) is 0 Å². The van der Waals surface area contributed by atoms with Gasteiger partial charge in [0, 0.05) is 12.0 Å². The first-order valence-corrected chi connectivity index (χ1v) is 7.52. The van der Waals surface area contributed by atoms with Gasteiger partial charge in [-0.05, 0) is 37.1 Å². The molecule has 1 aromatic heterocycles. The van der Waals surface area contributed by atoms with Crippen molar-refractivity contribution < 1.29 is 13.6 Å². The van der Waals surface area contributed by atoms with Gasteiger partial charge >= 0.3 is 0 Å². The van der Waals surface area contributed by atoms with E-state index in [4.69, 9.17) is 0 Å². The molecular weight excluding hydrogens is 300 g/mol. The summed E-state index contributed by atoms with van der Waals surface area (Å²) in [5.41, 5.74) is 0.693. The molecule has 23 heavy (non-hydrogen) atoms. The third-order valence-corrected chi connectivity index (χ3v) is 3.58. The van der Waals surface area contributed by atoms with Crippen molar-refractivity contribution in [2.75, 3.05) is 10.6 Å². The predicted molar refractivity (Wildman–Crippen MR) is 86.6 cm³/mol. The van der Waals surface area contributed by atoms with E-state index in [2.05, 4.69) is 15.6 Å². The minimum absolute atomic E-state index is 0.0390. The van der Waals surface area contributed by atoms with Crippen LogP contribution < -0.4 is 10.6 Å². The fourth-order valence-corrected chi connectivity index (χ4v) is 2.18. The molecule has 0 aliphatic carbocycles. The first-order valence-electron chi connectivity index (χ1n) is 7.52. The molecule has 0 aliphatic heterocycles. The van der Waals surface area contributed by atoms with Gasteiger partial charge < -0.3 is 10.6 Å². The summed E-state index contributed by atoms with van der Waals surface area (Å²) in [6.45, 7) is 3.93. The Kier molecular flexibility index (Phi) is 5.62. The molecule has 0 saturated carbocycles. The van der Waals surface area contributed by atoms with Crippen LogP contribution in [-0.2, 0) is 4.79 Å². The van der Waals surface area contributed by atoms with Crippen molar-refractivity contribution >= 4 is 23.1 Å². The fourth-order valence-electron chi connectivity index (χ4n) is 2.18. The number of pyridine rings is 1. The molecule has 1 heterocycles. The monoisotopic (exact) mass is 319 g/mol. The van der Waals surface area contributed by atoms with Crippen LogP contribution in [0.25, 0.3) is 0 Å². The number of carbonyl (C=O) groups is 1. The standard InChI is InChI=1S/C17H19F2N3O/c1-3-11(4-2)17(23)22-16-8-6-13(10-20-16)21-15-7-5-12(18)9-14(15)19/h5-11,21H,3-4H2,1-2H3,(H,20,22,23). The Labute approximate surface area is 133 Å². The summed E-state index contributed by atoms with van der Waals surface area (Å²) in [6, 6.07) is 6.58. The second-order valence-electron chi connectivity index (χ2n) is 5.18. The van der Waals surface area contributed by atoms with Crippen LogP contribution in [0.5, 0.6) is 0 Å². The summed E-state index contributed by atoms with van der Waals surface area (Å²) in [7, 11) is 0. The molecule has 0 aliphatic rings. The van der Waals surface area contributed by atoms with E-state index in [9.17, 15) is 13.6 Å². The van der Waals surface area contributed by atoms with Gasteiger partial charge in [-0.15, -0.1) is 0 Å². The molecule has 0 unspecified atom stereocenters. The zero-order valence-electron chi connectivity index (χ0n) is 13.1. The predicted octanol–water partition coefficient (Wildman–Crippen LogP) is 4.48. The van der Waals surface area contributed by atoms with Crippen LogP contribution in [0.1, 0.15) is 26.7 Å². The van der Waals surface area contributed by atoms with Gasteiger partial charge in [0.15, 0.2) is 0 Å². The zero-order valence-corrected chi connectivity index (χ0v) is 13.1. The maximum Gasteiger partial charge on any atom is 0.228 e. The number of benzene rings is 1. The normalized spacial score (nSPS) is 10.7. The van der Waals surface area contributed by atoms with E-state index >= 15 is 0 Å². The average molecular weight is 319 g/mol. The molecule has 1 amide bonds. The average Bonchev–Trinajstić information content (AvgIpc) is 2.53. The Hall–Kier alpha value is -2.50. The topological polar surface area (TPSA) is 54.0 Å². The maximum atomic E-state index is 13.6. The second kappa shape index (κ2) is 7.67. The molecule has 0 fully saturated rings. The number of nitrogens with zero attached hydrogens (tertiary/aromatic N) is 1. The number of amides is 1. The molecule has 6 heteroatoms. The molecule has 1 aromatic carbocycles. The van der Waals surface area contributed by atoms with E-state index in [0.29, 0.717) is 11.5 Å². The summed E-state index contributed by atoms with van der Waals surface area (Å²) in [5, 5.41) is 5.56. The van der Waals surface area contributed by atoms with Gasteiger partial charge in [0.25, 0.3) is 0 Å². The van der Waals surface area contributed by atoms with Gasteiger partial charge in [-0.25, -0.2) is 13.8 Å². The lowest BCUT2D eigenvalue weighted by Gasteiger charge is -2.12. The maximum absolute atomic E-state index is 13.6. The summed E-state index contributed by atoms with van der Waals surface area (Å²) in [5.74, 6) is -0.982. The van der Waals surface area contributed by atoms with Crippen molar-refractivity contribution in [2.24, 2.45) is 5.92 Å². The van der Waals surface area contributed by atoms with Crippen molar-refractivity contribution in [3.8, 4) is 0 Å². The smallest absolute Gasteiger partial charge is 0.228 e. The molecule has 0 saturated heterocycles. The number of carbonyl (C=O) groups excluding carboxylic acids is 1. The quantitative estimate of drug-likeness (QED) is 0.825. The van der Waals surface area contributed by atoms with Crippen molar-refractivity contribution in [1.82, 2.24) is 4.98 Å². The highest BCUT2D eigenvalue weighted by molar-refractivity contribution is 5.91. The highest BCUT2D eigenvalue weighted by atomic mass is 19.1. The molecule has 0 spiro atoms. The Balaban J connectivity index is 2.03. The van der Waals surface area contributed by atoms with E-state index in [1.54, 1.807) is 12.1 Å². The first kappa shape index (κ1) is 16.9. The van der Waals surface area contributed by atoms with E-state index in [1.807, 2.05) is 13.8 Å². The van der Waals surface area contributed by atoms with Crippen LogP contribution in [0.15, 0.2) is 36.5 Å². The third kappa shape index (κ3) is 4.48. The van der Waals surface area contributed by atoms with Gasteiger partial charge in [-0.3, -0.25) is 4.79 Å². The van der Waals surface area contributed by atoms with E-state index in [-0.39, 0.29) is 17.5 Å². The van der Waals surface area contributed by atoms with Crippen LogP contribution in [0, 0.1) is 17.6 Å². The molecule has 4 nitrogen and oxygen atoms in total. The number of halogens is 2. The van der Waals surface area contributed by atoms with Crippen LogP contribution in [0.3, 0.4) is 0 Å². The minimum atomic E-state index is -0.684. The number of hydrogen-bond donors (Lipinski definition) is 2. The number of aromatic nitrogens is 1. The molecule has 0 atom stereocenters. The van der Waals surface area contributed by atoms with Gasteiger partial charge in [-0.1, -0.05) is 13.8 Å². The highest BCUT2D eigenvalue weighted by Crippen LogP contribution is 2.21. The van der Waals surface area contributed by atoms with Crippen LogP contribution in [-0.4, -0.2) is 10.9 Å². The molecule has 122 valence electrons. The molecular formula is C17H19F2N3O. The zero-order chi connectivity index (χ0) is 16.8. The lowest BCUT2D eigenvalue weighted by Crippen LogP contribution is -2.22. The Bertz CT molecular complexity index is 670. The summed E-state index contributed by atoms with van der Waals surface area (Å²) in [6.07, 6.45) is 3.02. The number of anilines is 3. The Morgan fingerprint density at radius 1 is 1.17 bits per heavy atom. The Morgan fingerprint density at radius 3 is 2.48 bits per heavy atom. The van der Waals surface area contributed by atoms with Crippen LogP contribution in [0.4, 0.5) is 26.0 Å². The number of nitrogens with one attached hydrogen (secondary N) is 2. The fraction of sp³-hybridized carbons (Fsp3) is 0.294. The Morgan fingerprint density at radius 2 is 1.91 bits per heavy atom. The van der Waals surface area contributed by atoms with E-state index in [1.165, 1.54) is 18.3 Å². The minimum Gasteiger partial charge on any atom is -0.352 e. The number of hydrogen-bond acceptors (Lipinski definition) is 3. The van der Waals surface area contributed by atoms with Crippen molar-refractivity contribution in [2.45, 2.75) is 26.7 Å². The SMILES string of the molecule is CCC(CC)C(=O)Nc1ccc(Nc2ccc(F)cc2F)cn1. The lowest BCUT2D eigenvalue weighted by molar-refractivity contribution is -0.120. The second-order valence-corrected chi connectivity index (χ2v) is 5.18. The third-order valence-electron chi connectivity index (χ3n) is 3.58. The van der Waals surface area contributed by atoms with Crippen molar-refractivity contribution in [3.63, 3.8) is 0 Å². The molecule has 2 rings (SSSR count). The largest absolute Gasteiger partial charge is 0.352 e. The van der Waals surface area contributed by atoms with Crippen LogP contribution >= 0.6 is 0 Å². The van der Waals surface area contributed by atoms with E-state index in [0.717, 1.165) is 18.9 Å². The lowest BCUT2D eigenvalue weighted by atomic mass is 10.0. The van der Waals surface area contributed by atoms with Gasteiger partial charge in [-0.2, -0.15) is 0 Å². The molecule has 0 radical (unpaired) electrons.